The van der Waals surface area contributed by atoms with Gasteiger partial charge in [0.1, 0.15) is 6.17 Å². The van der Waals surface area contributed by atoms with Crippen molar-refractivity contribution < 1.29 is 19.4 Å². The molecule has 3 aromatic heterocycles. The first kappa shape index (κ1) is 22.9. The topological polar surface area (TPSA) is 125 Å². The van der Waals surface area contributed by atoms with Crippen LogP contribution < -0.4 is 10.6 Å². The molecule has 31 heavy (non-hydrogen) atoms. The zero-order valence-corrected chi connectivity index (χ0v) is 18.1. The van der Waals surface area contributed by atoms with E-state index in [2.05, 4.69) is 25.7 Å². The van der Waals surface area contributed by atoms with E-state index >= 15 is 0 Å². The number of hydrogen-bond donors (Lipinski definition) is 4. The summed E-state index contributed by atoms with van der Waals surface area (Å²) in [5, 5.41) is 29.3. The van der Waals surface area contributed by atoms with Crippen LogP contribution in [0.25, 0.3) is 16.9 Å². The number of nitrogens with one attached hydrogen (secondary N) is 2. The number of amides is 1. The second-order valence-electron chi connectivity index (χ2n) is 7.77. The predicted molar refractivity (Wildman–Crippen MR) is 115 cm³/mol. The standard InChI is InChI=1S/C20H24ClFN6O3/c1-11(10-29)27-16-4-15(13-7-26-28-9-12(21)5-24-18(13)28)23-6-14(16)19(30)25-8-17(22)20(2,3)31/h4-7,9,11,17,29,31H,8,10H2,1-3H3,(H,23,27)(H,25,30). The van der Waals surface area contributed by atoms with E-state index in [0.29, 0.717) is 27.6 Å². The molecule has 9 nitrogen and oxygen atoms in total. The van der Waals surface area contributed by atoms with Crippen LogP contribution in [0.5, 0.6) is 0 Å². The molecule has 2 atom stereocenters. The van der Waals surface area contributed by atoms with Gasteiger partial charge in [-0.1, -0.05) is 11.6 Å². The molecule has 1 amide bonds. The molecule has 3 aromatic rings. The van der Waals surface area contributed by atoms with Gasteiger partial charge in [0.2, 0.25) is 0 Å². The first-order valence-electron chi connectivity index (χ1n) is 9.61. The lowest BCUT2D eigenvalue weighted by atomic mass is 10.0. The van der Waals surface area contributed by atoms with Crippen LogP contribution in [0.1, 0.15) is 31.1 Å². The summed E-state index contributed by atoms with van der Waals surface area (Å²) in [5.41, 5.74) is 0.626. The van der Waals surface area contributed by atoms with E-state index < -0.39 is 17.7 Å². The molecule has 0 saturated heterocycles. The fourth-order valence-electron chi connectivity index (χ4n) is 2.77. The van der Waals surface area contributed by atoms with Gasteiger partial charge in [-0.25, -0.2) is 13.9 Å². The number of aliphatic hydroxyl groups is 2. The van der Waals surface area contributed by atoms with E-state index in [9.17, 15) is 19.4 Å². The third-order valence-corrected chi connectivity index (χ3v) is 4.83. The highest BCUT2D eigenvalue weighted by atomic mass is 35.5. The molecular weight excluding hydrogens is 427 g/mol. The summed E-state index contributed by atoms with van der Waals surface area (Å²) in [6, 6.07) is 1.28. The molecule has 0 aliphatic carbocycles. The Balaban J connectivity index is 1.94. The van der Waals surface area contributed by atoms with Gasteiger partial charge >= 0.3 is 0 Å². The Hall–Kier alpha value is -2.82. The number of carbonyl (C=O) groups is 1. The highest BCUT2D eigenvalue weighted by Gasteiger charge is 2.27. The van der Waals surface area contributed by atoms with Crippen LogP contribution in [-0.2, 0) is 0 Å². The molecule has 0 aliphatic heterocycles. The maximum atomic E-state index is 14.0. The lowest BCUT2D eigenvalue weighted by Gasteiger charge is -2.23. The van der Waals surface area contributed by atoms with Gasteiger partial charge in [-0.3, -0.25) is 9.78 Å². The highest BCUT2D eigenvalue weighted by Crippen LogP contribution is 2.27. The van der Waals surface area contributed by atoms with Crippen LogP contribution in [0, 0.1) is 0 Å². The van der Waals surface area contributed by atoms with Crippen molar-refractivity contribution in [1.29, 1.82) is 0 Å². The van der Waals surface area contributed by atoms with Crippen molar-refractivity contribution in [2.45, 2.75) is 38.6 Å². The lowest BCUT2D eigenvalue weighted by Crippen LogP contribution is -2.42. The van der Waals surface area contributed by atoms with Crippen molar-refractivity contribution >= 4 is 28.8 Å². The van der Waals surface area contributed by atoms with Gasteiger partial charge in [0.25, 0.3) is 5.91 Å². The number of alkyl halides is 1. The fraction of sp³-hybridized carbons (Fsp3) is 0.400. The average molecular weight is 451 g/mol. The number of halogens is 2. The Morgan fingerprint density at radius 3 is 2.74 bits per heavy atom. The van der Waals surface area contributed by atoms with Crippen LogP contribution in [0.4, 0.5) is 10.1 Å². The minimum absolute atomic E-state index is 0.166. The van der Waals surface area contributed by atoms with Gasteiger partial charge in [-0.15, -0.1) is 0 Å². The molecule has 0 bridgehead atoms. The molecule has 0 aromatic carbocycles. The van der Waals surface area contributed by atoms with Crippen LogP contribution in [0.2, 0.25) is 5.02 Å². The summed E-state index contributed by atoms with van der Waals surface area (Å²) >= 11 is 5.95. The number of aliphatic hydroxyl groups excluding tert-OH is 1. The molecule has 166 valence electrons. The van der Waals surface area contributed by atoms with E-state index in [0.717, 1.165) is 0 Å². The predicted octanol–water partition coefficient (Wildman–Crippen LogP) is 2.08. The van der Waals surface area contributed by atoms with Gasteiger partial charge in [0.05, 0.1) is 58.7 Å². The van der Waals surface area contributed by atoms with Gasteiger partial charge in [0.15, 0.2) is 5.65 Å². The molecule has 3 rings (SSSR count). The molecular formula is C20H24ClFN6O3. The number of aromatic nitrogens is 4. The van der Waals surface area contributed by atoms with Gasteiger partial charge in [-0.05, 0) is 26.8 Å². The van der Waals surface area contributed by atoms with Crippen molar-refractivity contribution in [2.75, 3.05) is 18.5 Å². The largest absolute Gasteiger partial charge is 0.394 e. The highest BCUT2D eigenvalue weighted by molar-refractivity contribution is 6.30. The number of anilines is 1. The Labute approximate surface area is 183 Å². The van der Waals surface area contributed by atoms with Crippen molar-refractivity contribution in [3.8, 4) is 11.3 Å². The molecule has 0 spiro atoms. The first-order chi connectivity index (χ1) is 14.6. The number of carbonyl (C=O) groups excluding carboxylic acids is 1. The van der Waals surface area contributed by atoms with E-state index in [1.54, 1.807) is 25.4 Å². The molecule has 0 aliphatic rings. The average Bonchev–Trinajstić information content (AvgIpc) is 3.13. The molecule has 11 heteroatoms. The summed E-state index contributed by atoms with van der Waals surface area (Å²) < 4.78 is 15.5. The number of pyridine rings is 1. The van der Waals surface area contributed by atoms with E-state index in [1.807, 2.05) is 0 Å². The van der Waals surface area contributed by atoms with E-state index in [4.69, 9.17) is 11.6 Å². The normalized spacial score (nSPS) is 13.8. The number of rotatable bonds is 8. The summed E-state index contributed by atoms with van der Waals surface area (Å²) in [5.74, 6) is -0.566. The summed E-state index contributed by atoms with van der Waals surface area (Å²) in [4.78, 5) is 21.3. The van der Waals surface area contributed by atoms with Crippen LogP contribution >= 0.6 is 11.6 Å². The summed E-state index contributed by atoms with van der Waals surface area (Å²) in [6.45, 7) is 3.87. The monoisotopic (exact) mass is 450 g/mol. The molecule has 2 unspecified atom stereocenters. The maximum Gasteiger partial charge on any atom is 0.255 e. The minimum Gasteiger partial charge on any atom is -0.394 e. The maximum absolute atomic E-state index is 14.0. The number of hydrogen-bond acceptors (Lipinski definition) is 7. The van der Waals surface area contributed by atoms with Crippen LogP contribution in [-0.4, -0.2) is 66.7 Å². The Bertz CT molecular complexity index is 1080. The summed E-state index contributed by atoms with van der Waals surface area (Å²) in [6.07, 6.45) is 4.39. The SMILES string of the molecule is CC(CO)Nc1cc(-c2cnn3cc(Cl)cnc23)ncc1C(=O)NCC(F)C(C)(C)O. The summed E-state index contributed by atoms with van der Waals surface area (Å²) in [7, 11) is 0. The minimum atomic E-state index is -1.65. The van der Waals surface area contributed by atoms with E-state index in [-0.39, 0.29) is 24.8 Å². The van der Waals surface area contributed by atoms with Gasteiger partial charge in [-0.2, -0.15) is 5.10 Å². The van der Waals surface area contributed by atoms with Crippen LogP contribution in [0.15, 0.2) is 30.9 Å². The van der Waals surface area contributed by atoms with Gasteiger partial charge < -0.3 is 20.8 Å². The first-order valence-corrected chi connectivity index (χ1v) is 9.99. The Morgan fingerprint density at radius 2 is 2.06 bits per heavy atom. The fourth-order valence-corrected chi connectivity index (χ4v) is 2.92. The lowest BCUT2D eigenvalue weighted by molar-refractivity contribution is -0.00177. The molecule has 0 saturated carbocycles. The van der Waals surface area contributed by atoms with Crippen molar-refractivity contribution in [3.63, 3.8) is 0 Å². The molecule has 3 heterocycles. The number of fused-ring (bicyclic) bond motifs is 1. The third-order valence-electron chi connectivity index (χ3n) is 4.63. The zero-order valence-electron chi connectivity index (χ0n) is 17.3. The zero-order chi connectivity index (χ0) is 22.8. The third kappa shape index (κ3) is 5.27. The Morgan fingerprint density at radius 1 is 1.32 bits per heavy atom. The molecule has 0 fully saturated rings. The van der Waals surface area contributed by atoms with Crippen molar-refractivity contribution in [3.05, 3.63) is 41.4 Å². The van der Waals surface area contributed by atoms with Crippen molar-refractivity contribution in [2.24, 2.45) is 0 Å². The second kappa shape index (κ2) is 9.13. The van der Waals surface area contributed by atoms with E-state index in [1.165, 1.54) is 30.8 Å². The van der Waals surface area contributed by atoms with Crippen LogP contribution in [0.3, 0.4) is 0 Å². The second-order valence-corrected chi connectivity index (χ2v) is 8.21. The quantitative estimate of drug-likeness (QED) is 0.414. The molecule has 4 N–H and O–H groups in total. The van der Waals surface area contributed by atoms with Crippen molar-refractivity contribution in [1.82, 2.24) is 24.9 Å². The smallest absolute Gasteiger partial charge is 0.255 e. The Kier molecular flexibility index (Phi) is 6.73. The van der Waals surface area contributed by atoms with Gasteiger partial charge in [0, 0.05) is 18.4 Å². The molecule has 0 radical (unpaired) electrons. The number of nitrogens with zero attached hydrogens (tertiary/aromatic N) is 4.